The predicted octanol–water partition coefficient (Wildman–Crippen LogP) is 5.09. The molecule has 1 rings (SSSR count). The van der Waals surface area contributed by atoms with Crippen LogP contribution >= 0.6 is 15.9 Å². The van der Waals surface area contributed by atoms with Crippen molar-refractivity contribution in [3.05, 3.63) is 33.8 Å². The van der Waals surface area contributed by atoms with Gasteiger partial charge in [0, 0.05) is 16.0 Å². The molecular formula is C13H14BrF3O. The second kappa shape index (κ2) is 5.87. The molecule has 0 bridgehead atoms. The quantitative estimate of drug-likeness (QED) is 0.706. The molecule has 0 amide bonds. The Hall–Kier alpha value is -0.840. The van der Waals surface area contributed by atoms with Gasteiger partial charge in [-0.05, 0) is 24.6 Å². The molecule has 1 aromatic rings. The first-order valence-corrected chi connectivity index (χ1v) is 6.47. The Kier molecular flexibility index (Phi) is 4.96. The highest BCUT2D eigenvalue weighted by Crippen LogP contribution is 2.35. The summed E-state index contributed by atoms with van der Waals surface area (Å²) >= 11 is 2.99. The molecule has 0 saturated carbocycles. The first-order valence-electron chi connectivity index (χ1n) is 5.68. The predicted molar refractivity (Wildman–Crippen MR) is 67.5 cm³/mol. The molecular weight excluding hydrogens is 309 g/mol. The largest absolute Gasteiger partial charge is 0.417 e. The van der Waals surface area contributed by atoms with E-state index >= 15 is 0 Å². The molecule has 0 radical (unpaired) electrons. The van der Waals surface area contributed by atoms with Gasteiger partial charge < -0.3 is 0 Å². The average Bonchev–Trinajstić information content (AvgIpc) is 2.27. The van der Waals surface area contributed by atoms with E-state index in [4.69, 9.17) is 0 Å². The van der Waals surface area contributed by atoms with E-state index < -0.39 is 23.4 Å². The van der Waals surface area contributed by atoms with Gasteiger partial charge in [0.05, 0.1) is 5.56 Å². The Morgan fingerprint density at radius 3 is 2.50 bits per heavy atom. The van der Waals surface area contributed by atoms with Crippen molar-refractivity contribution in [1.82, 2.24) is 0 Å². The van der Waals surface area contributed by atoms with Crippen LogP contribution in [0.25, 0.3) is 0 Å². The summed E-state index contributed by atoms with van der Waals surface area (Å²) in [5, 5.41) is 0. The molecule has 18 heavy (non-hydrogen) atoms. The number of carbonyl (C=O) groups excluding carboxylic acids is 1. The van der Waals surface area contributed by atoms with Crippen LogP contribution in [0.4, 0.5) is 13.2 Å². The van der Waals surface area contributed by atoms with Gasteiger partial charge in [0.2, 0.25) is 0 Å². The minimum atomic E-state index is -4.51. The van der Waals surface area contributed by atoms with Gasteiger partial charge in [-0.2, -0.15) is 13.2 Å². The van der Waals surface area contributed by atoms with Crippen molar-refractivity contribution < 1.29 is 18.0 Å². The van der Waals surface area contributed by atoms with Gasteiger partial charge in [0.25, 0.3) is 0 Å². The molecule has 1 unspecified atom stereocenters. The van der Waals surface area contributed by atoms with Gasteiger partial charge in [-0.1, -0.05) is 36.2 Å². The number of benzene rings is 1. The molecule has 0 aromatic heterocycles. The summed E-state index contributed by atoms with van der Waals surface area (Å²) < 4.78 is 38.9. The summed E-state index contributed by atoms with van der Waals surface area (Å²) in [6.07, 6.45) is -3.16. The third-order valence-electron chi connectivity index (χ3n) is 2.72. The normalized spacial score (nSPS) is 13.4. The zero-order valence-electron chi connectivity index (χ0n) is 10.1. The van der Waals surface area contributed by atoms with Crippen molar-refractivity contribution in [1.29, 1.82) is 0 Å². The molecule has 100 valence electrons. The van der Waals surface area contributed by atoms with Crippen LogP contribution in [0.1, 0.15) is 42.6 Å². The van der Waals surface area contributed by atoms with Crippen molar-refractivity contribution in [2.45, 2.75) is 32.9 Å². The smallest absolute Gasteiger partial charge is 0.294 e. The van der Waals surface area contributed by atoms with Gasteiger partial charge in [0.1, 0.15) is 0 Å². The van der Waals surface area contributed by atoms with Crippen LogP contribution in [0.3, 0.4) is 0 Å². The van der Waals surface area contributed by atoms with Crippen LogP contribution in [-0.2, 0) is 6.18 Å². The Labute approximate surface area is 113 Å². The molecule has 5 heteroatoms. The van der Waals surface area contributed by atoms with E-state index in [-0.39, 0.29) is 5.56 Å². The number of ketones is 1. The summed E-state index contributed by atoms with van der Waals surface area (Å²) in [5.41, 5.74) is -1.11. The maximum Gasteiger partial charge on any atom is 0.417 e. The van der Waals surface area contributed by atoms with E-state index in [1.54, 1.807) is 6.92 Å². The van der Waals surface area contributed by atoms with E-state index in [2.05, 4.69) is 15.9 Å². The maximum atomic E-state index is 12.9. The Bertz CT molecular complexity index is 440. The second-order valence-electron chi connectivity index (χ2n) is 4.24. The fourth-order valence-corrected chi connectivity index (χ4v) is 2.16. The lowest BCUT2D eigenvalue weighted by Gasteiger charge is -2.15. The van der Waals surface area contributed by atoms with E-state index in [9.17, 15) is 18.0 Å². The summed E-state index contributed by atoms with van der Waals surface area (Å²) in [4.78, 5) is 12.0. The molecule has 0 spiro atoms. The highest BCUT2D eigenvalue weighted by Gasteiger charge is 2.36. The lowest BCUT2D eigenvalue weighted by atomic mass is 9.92. The van der Waals surface area contributed by atoms with Gasteiger partial charge in [0.15, 0.2) is 5.78 Å². The highest BCUT2D eigenvalue weighted by atomic mass is 79.9. The van der Waals surface area contributed by atoms with Crippen LogP contribution in [-0.4, -0.2) is 5.78 Å². The SMILES string of the molecule is CCCC(C)C(=O)c1ccc(Br)cc1C(F)(F)F. The van der Waals surface area contributed by atoms with Crippen molar-refractivity contribution in [2.24, 2.45) is 5.92 Å². The van der Waals surface area contributed by atoms with Crippen molar-refractivity contribution in [2.75, 3.05) is 0 Å². The first-order chi connectivity index (χ1) is 8.27. The Morgan fingerprint density at radius 2 is 2.00 bits per heavy atom. The molecule has 0 aliphatic carbocycles. The second-order valence-corrected chi connectivity index (χ2v) is 5.16. The monoisotopic (exact) mass is 322 g/mol. The molecule has 0 heterocycles. The molecule has 1 atom stereocenters. The van der Waals surface area contributed by atoms with Gasteiger partial charge >= 0.3 is 6.18 Å². The van der Waals surface area contributed by atoms with E-state index in [1.165, 1.54) is 12.1 Å². The minimum Gasteiger partial charge on any atom is -0.294 e. The van der Waals surface area contributed by atoms with Crippen LogP contribution < -0.4 is 0 Å². The standard InChI is InChI=1S/C13H14BrF3O/c1-3-4-8(2)12(18)10-6-5-9(14)7-11(10)13(15,16)17/h5-8H,3-4H2,1-2H3. The zero-order valence-corrected chi connectivity index (χ0v) is 11.7. The molecule has 0 aliphatic rings. The third-order valence-corrected chi connectivity index (χ3v) is 3.21. The number of Topliss-reactive ketones (excluding diaryl/α,β-unsaturated/α-hetero) is 1. The van der Waals surface area contributed by atoms with Crippen molar-refractivity contribution >= 4 is 21.7 Å². The third kappa shape index (κ3) is 3.57. The molecule has 0 N–H and O–H groups in total. The molecule has 1 nitrogen and oxygen atoms in total. The van der Waals surface area contributed by atoms with Crippen molar-refractivity contribution in [3.8, 4) is 0 Å². The van der Waals surface area contributed by atoms with Gasteiger partial charge in [-0.15, -0.1) is 0 Å². The lowest BCUT2D eigenvalue weighted by molar-refractivity contribution is -0.138. The number of rotatable bonds is 4. The molecule has 0 saturated heterocycles. The number of alkyl halides is 3. The molecule has 1 aromatic carbocycles. The van der Waals surface area contributed by atoms with E-state index in [0.717, 1.165) is 12.5 Å². The zero-order chi connectivity index (χ0) is 13.9. The lowest BCUT2D eigenvalue weighted by Crippen LogP contribution is -2.18. The van der Waals surface area contributed by atoms with Crippen LogP contribution in [0.15, 0.2) is 22.7 Å². The van der Waals surface area contributed by atoms with Gasteiger partial charge in [-0.25, -0.2) is 0 Å². The maximum absolute atomic E-state index is 12.9. The van der Waals surface area contributed by atoms with Crippen LogP contribution in [0.2, 0.25) is 0 Å². The number of hydrogen-bond acceptors (Lipinski definition) is 1. The van der Waals surface area contributed by atoms with Crippen molar-refractivity contribution in [3.63, 3.8) is 0 Å². The average molecular weight is 323 g/mol. The number of hydrogen-bond donors (Lipinski definition) is 0. The van der Waals surface area contributed by atoms with Crippen LogP contribution in [0, 0.1) is 5.92 Å². The minimum absolute atomic E-state index is 0.244. The van der Waals surface area contributed by atoms with Crippen LogP contribution in [0.5, 0.6) is 0 Å². The fraction of sp³-hybridized carbons (Fsp3) is 0.462. The van der Waals surface area contributed by atoms with E-state index in [1.807, 2.05) is 6.92 Å². The molecule has 0 aliphatic heterocycles. The molecule has 0 fully saturated rings. The number of carbonyl (C=O) groups is 1. The topological polar surface area (TPSA) is 17.1 Å². The summed E-state index contributed by atoms with van der Waals surface area (Å²) in [6, 6.07) is 3.65. The first kappa shape index (κ1) is 15.2. The summed E-state index contributed by atoms with van der Waals surface area (Å²) in [7, 11) is 0. The Balaban J connectivity index is 3.20. The van der Waals surface area contributed by atoms with Gasteiger partial charge in [-0.3, -0.25) is 4.79 Å². The fourth-order valence-electron chi connectivity index (χ4n) is 1.80. The Morgan fingerprint density at radius 1 is 1.39 bits per heavy atom. The summed E-state index contributed by atoms with van der Waals surface area (Å²) in [5.74, 6) is -0.839. The van der Waals surface area contributed by atoms with E-state index in [0.29, 0.717) is 10.9 Å². The highest BCUT2D eigenvalue weighted by molar-refractivity contribution is 9.10. The number of halogens is 4. The summed E-state index contributed by atoms with van der Waals surface area (Å²) in [6.45, 7) is 3.56.